The van der Waals surface area contributed by atoms with E-state index in [-0.39, 0.29) is 31.0 Å². The maximum Gasteiger partial charge on any atom is 1.00 e. The zero-order valence-corrected chi connectivity index (χ0v) is 9.46. The average Bonchev–Trinajstić information content (AvgIpc) is 1.67. The zero-order chi connectivity index (χ0) is 6.57. The Labute approximate surface area is 80.5 Å². The number of hydrogen-bond donors (Lipinski definition) is 1. The van der Waals surface area contributed by atoms with Gasteiger partial charge in [0, 0.05) is 0 Å². The Morgan fingerprint density at radius 1 is 1.89 bits per heavy atom. The van der Waals surface area contributed by atoms with Gasteiger partial charge in [-0.05, 0) is 13.5 Å². The van der Waals surface area contributed by atoms with Crippen molar-refractivity contribution in [1.29, 1.82) is 0 Å². The summed E-state index contributed by atoms with van der Waals surface area (Å²) < 4.78 is 4.55. The van der Waals surface area contributed by atoms with Crippen molar-refractivity contribution in [2.24, 2.45) is 0 Å². The molecule has 9 heavy (non-hydrogen) atoms. The summed E-state index contributed by atoms with van der Waals surface area (Å²) in [4.78, 5) is 10.3. The van der Waals surface area contributed by atoms with Gasteiger partial charge in [-0.15, -0.1) is 0 Å². The molecule has 0 aromatic rings. The SMILES string of the molecule is C[SiH2]OC(=O)C(C)O.[H-].[Na+]. The van der Waals surface area contributed by atoms with Crippen LogP contribution in [0.1, 0.15) is 8.35 Å². The van der Waals surface area contributed by atoms with E-state index in [4.69, 9.17) is 5.11 Å². The van der Waals surface area contributed by atoms with Crippen LogP contribution in [0.3, 0.4) is 0 Å². The van der Waals surface area contributed by atoms with Gasteiger partial charge in [-0.25, -0.2) is 0 Å². The molecule has 0 heterocycles. The van der Waals surface area contributed by atoms with Gasteiger partial charge in [0.15, 0.2) is 0 Å². The first-order valence-electron chi connectivity index (χ1n) is 2.53. The summed E-state index contributed by atoms with van der Waals surface area (Å²) in [7, 11) is -0.686. The normalized spacial score (nSPS) is 12.8. The predicted molar refractivity (Wildman–Crippen MR) is 33.3 cm³/mol. The summed E-state index contributed by atoms with van der Waals surface area (Å²) in [6, 6.07) is 0. The third-order valence-electron chi connectivity index (χ3n) is 0.628. The van der Waals surface area contributed by atoms with Gasteiger partial charge >= 0.3 is 35.5 Å². The molecule has 0 saturated heterocycles. The molecule has 0 fully saturated rings. The molecule has 0 bridgehead atoms. The van der Waals surface area contributed by atoms with Gasteiger partial charge in [0.05, 0.1) is 0 Å². The molecule has 0 aromatic carbocycles. The Hall–Kier alpha value is 0.647. The number of carbonyl (C=O) groups excluding carboxylic acids is 1. The smallest absolute Gasteiger partial charge is 1.00 e. The van der Waals surface area contributed by atoms with Crippen LogP contribution in [0, 0.1) is 0 Å². The van der Waals surface area contributed by atoms with E-state index >= 15 is 0 Å². The Morgan fingerprint density at radius 3 is 2.44 bits per heavy atom. The Bertz CT molecular complexity index is 90.6. The standard InChI is InChI=1S/C4H10O3Si.Na.H/c1-3(5)4(6)7-8-2;;/h3,5H,8H2,1-2H3;;/q;+1;-1. The van der Waals surface area contributed by atoms with Gasteiger partial charge in [-0.1, -0.05) is 0 Å². The van der Waals surface area contributed by atoms with E-state index in [0.29, 0.717) is 0 Å². The minimum Gasteiger partial charge on any atom is -1.00 e. The fraction of sp³-hybridized carbons (Fsp3) is 0.750. The van der Waals surface area contributed by atoms with Crippen molar-refractivity contribution < 1.29 is 45.3 Å². The van der Waals surface area contributed by atoms with Crippen molar-refractivity contribution >= 4 is 15.7 Å². The fourth-order valence-electron chi connectivity index (χ4n) is 0.263. The van der Waals surface area contributed by atoms with Crippen molar-refractivity contribution in [3.63, 3.8) is 0 Å². The molecule has 0 aliphatic rings. The Kier molecular flexibility index (Phi) is 9.27. The second-order valence-corrected chi connectivity index (χ2v) is 2.29. The van der Waals surface area contributed by atoms with Crippen LogP contribution >= 0.6 is 0 Å². The molecule has 0 aromatic heterocycles. The molecule has 1 N–H and O–H groups in total. The molecule has 1 unspecified atom stereocenters. The van der Waals surface area contributed by atoms with E-state index in [9.17, 15) is 4.79 Å². The van der Waals surface area contributed by atoms with E-state index in [2.05, 4.69) is 4.43 Å². The predicted octanol–water partition coefficient (Wildman–Crippen LogP) is -3.84. The van der Waals surface area contributed by atoms with Crippen molar-refractivity contribution in [3.8, 4) is 0 Å². The first kappa shape index (κ1) is 12.3. The molecule has 0 amide bonds. The van der Waals surface area contributed by atoms with Crippen LogP contribution in [0.2, 0.25) is 6.55 Å². The Morgan fingerprint density at radius 2 is 2.33 bits per heavy atom. The minimum atomic E-state index is -0.956. The maximum atomic E-state index is 10.3. The monoisotopic (exact) mass is 158 g/mol. The molecular formula is C4H11NaO3Si. The summed E-state index contributed by atoms with van der Waals surface area (Å²) >= 11 is 0. The van der Waals surface area contributed by atoms with Crippen molar-refractivity contribution in [2.75, 3.05) is 0 Å². The van der Waals surface area contributed by atoms with Crippen molar-refractivity contribution in [3.05, 3.63) is 0 Å². The topological polar surface area (TPSA) is 46.5 Å². The molecule has 0 radical (unpaired) electrons. The molecule has 50 valence electrons. The van der Waals surface area contributed by atoms with Gasteiger partial charge in [0.1, 0.15) is 6.10 Å². The van der Waals surface area contributed by atoms with E-state index in [1.165, 1.54) is 6.92 Å². The zero-order valence-electron chi connectivity index (χ0n) is 7.05. The molecule has 0 aliphatic heterocycles. The first-order valence-corrected chi connectivity index (χ1v) is 4.52. The van der Waals surface area contributed by atoms with Crippen LogP contribution in [0.25, 0.3) is 0 Å². The number of aliphatic hydroxyl groups is 1. The summed E-state index contributed by atoms with van der Waals surface area (Å²) in [6.07, 6.45) is -0.956. The molecule has 0 rings (SSSR count). The molecular weight excluding hydrogens is 147 g/mol. The summed E-state index contributed by atoms with van der Waals surface area (Å²) in [6.45, 7) is 3.23. The summed E-state index contributed by atoms with van der Waals surface area (Å²) in [5.41, 5.74) is 0. The van der Waals surface area contributed by atoms with Crippen LogP contribution in [-0.2, 0) is 9.22 Å². The summed E-state index contributed by atoms with van der Waals surface area (Å²) in [5, 5.41) is 8.50. The molecule has 0 spiro atoms. The van der Waals surface area contributed by atoms with E-state index in [0.717, 1.165) is 0 Å². The van der Waals surface area contributed by atoms with Crippen molar-refractivity contribution in [1.82, 2.24) is 0 Å². The fourth-order valence-corrected chi connectivity index (χ4v) is 0.789. The summed E-state index contributed by atoms with van der Waals surface area (Å²) in [5.74, 6) is -0.501. The molecule has 3 nitrogen and oxygen atoms in total. The van der Waals surface area contributed by atoms with Crippen LogP contribution in [0.15, 0.2) is 0 Å². The van der Waals surface area contributed by atoms with E-state index in [1.807, 2.05) is 6.55 Å². The molecule has 1 atom stereocenters. The number of hydrogen-bond acceptors (Lipinski definition) is 3. The molecule has 5 heteroatoms. The average molecular weight is 158 g/mol. The number of carbonyl (C=O) groups is 1. The Balaban J connectivity index is -0.000000245. The van der Waals surface area contributed by atoms with E-state index < -0.39 is 21.8 Å². The van der Waals surface area contributed by atoms with Crippen LogP contribution in [-0.4, -0.2) is 26.9 Å². The third kappa shape index (κ3) is 6.53. The number of aliphatic hydroxyl groups excluding tert-OH is 1. The van der Waals surface area contributed by atoms with Crippen LogP contribution in [0.5, 0.6) is 0 Å². The van der Waals surface area contributed by atoms with Gasteiger partial charge in [-0.3, -0.25) is 4.79 Å². The third-order valence-corrected chi connectivity index (χ3v) is 1.20. The molecule has 0 aliphatic carbocycles. The second-order valence-electron chi connectivity index (χ2n) is 1.43. The first-order chi connectivity index (χ1) is 3.68. The number of rotatable bonds is 2. The van der Waals surface area contributed by atoms with Crippen LogP contribution < -0.4 is 29.6 Å². The van der Waals surface area contributed by atoms with Gasteiger partial charge in [0.25, 0.3) is 0 Å². The molecule has 0 saturated carbocycles. The van der Waals surface area contributed by atoms with Gasteiger partial charge < -0.3 is 11.0 Å². The second kappa shape index (κ2) is 6.76. The van der Waals surface area contributed by atoms with E-state index in [1.54, 1.807) is 0 Å². The quantitative estimate of drug-likeness (QED) is 0.419. The van der Waals surface area contributed by atoms with Crippen molar-refractivity contribution in [2.45, 2.75) is 19.6 Å². The van der Waals surface area contributed by atoms with Crippen LogP contribution in [0.4, 0.5) is 0 Å². The maximum absolute atomic E-state index is 10.3. The van der Waals surface area contributed by atoms with Gasteiger partial charge in [-0.2, -0.15) is 0 Å². The minimum absolute atomic E-state index is 0. The van der Waals surface area contributed by atoms with Gasteiger partial charge in [0.2, 0.25) is 9.76 Å². The largest absolute Gasteiger partial charge is 1.00 e.